The van der Waals surface area contributed by atoms with E-state index < -0.39 is 0 Å². The molecule has 0 bridgehead atoms. The summed E-state index contributed by atoms with van der Waals surface area (Å²) in [5.74, 6) is 1.29. The van der Waals surface area contributed by atoms with Crippen molar-refractivity contribution in [1.29, 1.82) is 0 Å². The summed E-state index contributed by atoms with van der Waals surface area (Å²) in [6.45, 7) is 6.67. The highest BCUT2D eigenvalue weighted by atomic mass is 35.5. The average molecular weight is 473 g/mol. The number of amides is 1. The summed E-state index contributed by atoms with van der Waals surface area (Å²) in [4.78, 5) is 23.9. The molecule has 7 nitrogen and oxygen atoms in total. The molecule has 0 aliphatic heterocycles. The molecule has 1 N–H and O–H groups in total. The van der Waals surface area contributed by atoms with E-state index in [2.05, 4.69) is 15.5 Å². The van der Waals surface area contributed by atoms with Gasteiger partial charge in [0.05, 0.1) is 5.25 Å². The summed E-state index contributed by atoms with van der Waals surface area (Å²) in [5, 5.41) is 12.4. The van der Waals surface area contributed by atoms with E-state index in [0.717, 1.165) is 5.56 Å². The minimum atomic E-state index is -0.356. The molecular formula is C23H25ClN4O3S. The van der Waals surface area contributed by atoms with Crippen LogP contribution < -0.4 is 10.1 Å². The molecule has 1 amide bonds. The van der Waals surface area contributed by atoms with Gasteiger partial charge < -0.3 is 14.6 Å². The van der Waals surface area contributed by atoms with Gasteiger partial charge >= 0.3 is 0 Å². The average Bonchev–Trinajstić information content (AvgIpc) is 3.18. The van der Waals surface area contributed by atoms with Gasteiger partial charge in [0.15, 0.2) is 16.8 Å². The Labute approximate surface area is 196 Å². The first-order valence-electron chi connectivity index (χ1n) is 10.2. The van der Waals surface area contributed by atoms with E-state index in [9.17, 15) is 9.59 Å². The first kappa shape index (κ1) is 23.8. The van der Waals surface area contributed by atoms with E-state index in [1.165, 1.54) is 18.7 Å². The minimum Gasteiger partial charge on any atom is -0.486 e. The maximum atomic E-state index is 12.6. The summed E-state index contributed by atoms with van der Waals surface area (Å²) in [7, 11) is 0. The first-order chi connectivity index (χ1) is 15.4. The van der Waals surface area contributed by atoms with Crippen LogP contribution in [0.15, 0.2) is 53.7 Å². The molecular weight excluding hydrogens is 448 g/mol. The minimum absolute atomic E-state index is 0.0172. The lowest BCUT2D eigenvalue weighted by atomic mass is 10.1. The highest BCUT2D eigenvalue weighted by molar-refractivity contribution is 8.00. The lowest BCUT2D eigenvalue weighted by Crippen LogP contribution is -2.30. The number of carbonyl (C=O) groups is 2. The third kappa shape index (κ3) is 6.34. The number of nitrogens with zero attached hydrogens (tertiary/aromatic N) is 3. The molecule has 32 heavy (non-hydrogen) atoms. The number of Topliss-reactive ketones (excluding diaryl/α,β-unsaturated/α-hetero) is 1. The molecule has 1 heterocycles. The van der Waals surface area contributed by atoms with Gasteiger partial charge in [-0.25, -0.2) is 0 Å². The molecule has 2 aromatic carbocycles. The molecule has 3 aromatic rings. The fraction of sp³-hybridized carbons (Fsp3) is 0.304. The molecule has 0 fully saturated rings. The van der Waals surface area contributed by atoms with Crippen molar-refractivity contribution in [2.75, 3.05) is 0 Å². The van der Waals surface area contributed by atoms with Gasteiger partial charge in [-0.1, -0.05) is 47.6 Å². The molecule has 0 aliphatic carbocycles. The van der Waals surface area contributed by atoms with Crippen molar-refractivity contribution in [2.45, 2.75) is 50.9 Å². The second-order valence-corrected chi connectivity index (χ2v) is 8.86. The number of carbonyl (C=O) groups excluding carboxylic acids is 2. The number of ether oxygens (including phenoxy) is 1. The zero-order chi connectivity index (χ0) is 23.1. The van der Waals surface area contributed by atoms with Crippen molar-refractivity contribution in [1.82, 2.24) is 20.1 Å². The highest BCUT2D eigenvalue weighted by Gasteiger charge is 2.20. The standard InChI is InChI=1S/C23H25ClN4O3S/c1-4-28-21(14-31-20-11-9-19(24)10-12-20)26-27-23(28)32-16(3)22(30)25-13-17-5-7-18(8-6-17)15(2)29/h5-12,16H,4,13-14H2,1-3H3,(H,25,30)/t16-/m1/s1. The van der Waals surface area contributed by atoms with Gasteiger partial charge in [-0.3, -0.25) is 9.59 Å². The molecule has 0 saturated carbocycles. The van der Waals surface area contributed by atoms with E-state index in [1.54, 1.807) is 36.4 Å². The fourth-order valence-corrected chi connectivity index (χ4v) is 3.99. The van der Waals surface area contributed by atoms with Crippen LogP contribution in [0.5, 0.6) is 5.75 Å². The van der Waals surface area contributed by atoms with Crippen LogP contribution in [0.2, 0.25) is 5.02 Å². The summed E-state index contributed by atoms with van der Waals surface area (Å²) in [6.07, 6.45) is 0. The SMILES string of the molecule is CCn1c(COc2ccc(Cl)cc2)nnc1S[C@H](C)C(=O)NCc1ccc(C(C)=O)cc1. The van der Waals surface area contributed by atoms with Crippen LogP contribution in [0.25, 0.3) is 0 Å². The summed E-state index contributed by atoms with van der Waals surface area (Å²) in [6, 6.07) is 14.3. The molecule has 3 rings (SSSR count). The smallest absolute Gasteiger partial charge is 0.233 e. The van der Waals surface area contributed by atoms with E-state index in [-0.39, 0.29) is 23.5 Å². The van der Waals surface area contributed by atoms with Crippen LogP contribution in [0.1, 0.15) is 42.5 Å². The van der Waals surface area contributed by atoms with Crippen molar-refractivity contribution in [3.63, 3.8) is 0 Å². The number of thioether (sulfide) groups is 1. The van der Waals surface area contributed by atoms with Crippen molar-refractivity contribution >= 4 is 35.1 Å². The molecule has 1 aromatic heterocycles. The largest absolute Gasteiger partial charge is 0.486 e. The van der Waals surface area contributed by atoms with E-state index in [4.69, 9.17) is 16.3 Å². The topological polar surface area (TPSA) is 86.1 Å². The number of aromatic nitrogens is 3. The second kappa shape index (κ2) is 11.2. The van der Waals surface area contributed by atoms with Crippen LogP contribution in [-0.4, -0.2) is 31.7 Å². The van der Waals surface area contributed by atoms with Crippen LogP contribution in [0.4, 0.5) is 0 Å². The Morgan fingerprint density at radius 3 is 2.44 bits per heavy atom. The quantitative estimate of drug-likeness (QED) is 0.344. The first-order valence-corrected chi connectivity index (χ1v) is 11.5. The monoisotopic (exact) mass is 472 g/mol. The lowest BCUT2D eigenvalue weighted by molar-refractivity contribution is -0.120. The van der Waals surface area contributed by atoms with E-state index in [0.29, 0.717) is 40.4 Å². The Balaban J connectivity index is 1.55. The van der Waals surface area contributed by atoms with Crippen LogP contribution in [0.3, 0.4) is 0 Å². The third-order valence-electron chi connectivity index (χ3n) is 4.77. The Morgan fingerprint density at radius 2 is 1.81 bits per heavy atom. The van der Waals surface area contributed by atoms with Crippen LogP contribution >= 0.6 is 23.4 Å². The molecule has 0 aliphatic rings. The number of benzene rings is 2. The maximum Gasteiger partial charge on any atom is 0.233 e. The van der Waals surface area contributed by atoms with Gasteiger partial charge in [-0.15, -0.1) is 10.2 Å². The molecule has 168 valence electrons. The van der Waals surface area contributed by atoms with Crippen molar-refractivity contribution in [3.05, 3.63) is 70.5 Å². The number of rotatable bonds is 10. The van der Waals surface area contributed by atoms with Crippen LogP contribution in [-0.2, 0) is 24.5 Å². The summed E-state index contributed by atoms with van der Waals surface area (Å²) < 4.78 is 7.71. The second-order valence-electron chi connectivity index (χ2n) is 7.12. The van der Waals surface area contributed by atoms with E-state index >= 15 is 0 Å². The van der Waals surface area contributed by atoms with Gasteiger partial charge in [-0.2, -0.15) is 0 Å². The molecule has 1 atom stereocenters. The van der Waals surface area contributed by atoms with Gasteiger partial charge in [-0.05, 0) is 50.6 Å². The van der Waals surface area contributed by atoms with Gasteiger partial charge in [0.1, 0.15) is 12.4 Å². The number of halogens is 1. The lowest BCUT2D eigenvalue weighted by Gasteiger charge is -2.13. The van der Waals surface area contributed by atoms with Crippen molar-refractivity contribution in [3.8, 4) is 5.75 Å². The zero-order valence-corrected chi connectivity index (χ0v) is 19.7. The van der Waals surface area contributed by atoms with E-state index in [1.807, 2.05) is 30.5 Å². The Morgan fingerprint density at radius 1 is 1.12 bits per heavy atom. The van der Waals surface area contributed by atoms with Crippen LogP contribution in [0, 0.1) is 0 Å². The third-order valence-corrected chi connectivity index (χ3v) is 6.10. The van der Waals surface area contributed by atoms with Crippen molar-refractivity contribution in [2.24, 2.45) is 0 Å². The number of ketones is 1. The summed E-state index contributed by atoms with van der Waals surface area (Å²) >= 11 is 7.25. The maximum absolute atomic E-state index is 12.6. The van der Waals surface area contributed by atoms with Gasteiger partial charge in [0.2, 0.25) is 5.91 Å². The zero-order valence-electron chi connectivity index (χ0n) is 18.2. The normalized spacial score (nSPS) is 11.8. The fourth-order valence-electron chi connectivity index (χ4n) is 2.91. The van der Waals surface area contributed by atoms with Crippen molar-refractivity contribution < 1.29 is 14.3 Å². The number of hydrogen-bond acceptors (Lipinski definition) is 6. The molecule has 0 unspecified atom stereocenters. The Hall–Kier alpha value is -2.84. The number of hydrogen-bond donors (Lipinski definition) is 1. The molecule has 0 spiro atoms. The highest BCUT2D eigenvalue weighted by Crippen LogP contribution is 2.23. The number of nitrogens with one attached hydrogen (secondary N) is 1. The summed E-state index contributed by atoms with van der Waals surface area (Å²) in [5.41, 5.74) is 1.58. The Bertz CT molecular complexity index is 1070. The predicted molar refractivity (Wildman–Crippen MR) is 125 cm³/mol. The van der Waals surface area contributed by atoms with Gasteiger partial charge in [0.25, 0.3) is 0 Å². The van der Waals surface area contributed by atoms with Gasteiger partial charge in [0, 0.05) is 23.7 Å². The molecule has 9 heteroatoms. The molecule has 0 saturated heterocycles. The molecule has 0 radical (unpaired) electrons. The predicted octanol–water partition coefficient (Wildman–Crippen LogP) is 4.53. The Kier molecular flexibility index (Phi) is 8.30.